The molecular formula is C10H18O. The lowest BCUT2D eigenvalue weighted by Crippen LogP contribution is -2.27. The Bertz CT molecular complexity index is 168. The third-order valence-corrected chi connectivity index (χ3v) is 3.11. The van der Waals surface area contributed by atoms with Crippen molar-refractivity contribution >= 4 is 0 Å². The summed E-state index contributed by atoms with van der Waals surface area (Å²) >= 11 is 0. The Labute approximate surface area is 69.1 Å². The summed E-state index contributed by atoms with van der Waals surface area (Å²) < 4.78 is 0. The molecule has 0 saturated heterocycles. The van der Waals surface area contributed by atoms with Crippen molar-refractivity contribution in [3.8, 4) is 0 Å². The summed E-state index contributed by atoms with van der Waals surface area (Å²) in [6.45, 7) is 7.01. The van der Waals surface area contributed by atoms with Gasteiger partial charge in [0, 0.05) is 0 Å². The molecule has 1 nitrogen and oxygen atoms in total. The molecule has 1 unspecified atom stereocenters. The van der Waals surface area contributed by atoms with Crippen molar-refractivity contribution in [1.82, 2.24) is 0 Å². The van der Waals surface area contributed by atoms with E-state index < -0.39 is 0 Å². The monoisotopic (exact) mass is 154 g/mol. The average molecular weight is 154 g/mol. The Morgan fingerprint density at radius 1 is 1.64 bits per heavy atom. The zero-order valence-corrected chi connectivity index (χ0v) is 7.72. The van der Waals surface area contributed by atoms with Crippen LogP contribution in [0.5, 0.6) is 0 Å². The van der Waals surface area contributed by atoms with Gasteiger partial charge in [-0.3, -0.25) is 0 Å². The lowest BCUT2D eigenvalue weighted by Gasteiger charge is -2.36. The molecule has 1 N–H and O–H groups in total. The maximum Gasteiger partial charge on any atom is 0.0644 e. The highest BCUT2D eigenvalue weighted by Crippen LogP contribution is 2.40. The van der Waals surface area contributed by atoms with Crippen LogP contribution in [0.1, 0.15) is 33.6 Å². The molecule has 0 aromatic carbocycles. The van der Waals surface area contributed by atoms with E-state index in [0.29, 0.717) is 11.3 Å². The number of hydrogen-bond donors (Lipinski definition) is 1. The van der Waals surface area contributed by atoms with Gasteiger partial charge in [0.2, 0.25) is 0 Å². The van der Waals surface area contributed by atoms with Crippen molar-refractivity contribution < 1.29 is 5.11 Å². The van der Waals surface area contributed by atoms with Crippen LogP contribution in [0.3, 0.4) is 0 Å². The molecule has 0 aromatic heterocycles. The van der Waals surface area contributed by atoms with Gasteiger partial charge in [0.25, 0.3) is 0 Å². The van der Waals surface area contributed by atoms with Crippen LogP contribution in [-0.2, 0) is 0 Å². The van der Waals surface area contributed by atoms with E-state index in [1.165, 1.54) is 12.0 Å². The van der Waals surface area contributed by atoms with Gasteiger partial charge in [-0.15, -0.1) is 0 Å². The lowest BCUT2D eigenvalue weighted by atomic mass is 9.69. The Hall–Kier alpha value is -0.300. The summed E-state index contributed by atoms with van der Waals surface area (Å²) in [5, 5.41) is 9.03. The molecule has 0 aliphatic heterocycles. The van der Waals surface area contributed by atoms with Crippen molar-refractivity contribution in [2.24, 2.45) is 11.3 Å². The minimum absolute atomic E-state index is 0.241. The minimum atomic E-state index is 0.241. The number of aliphatic hydroxyl groups excluding tert-OH is 1. The highest BCUT2D eigenvalue weighted by molar-refractivity contribution is 5.13. The van der Waals surface area contributed by atoms with Crippen LogP contribution >= 0.6 is 0 Å². The molecule has 0 aromatic rings. The first kappa shape index (κ1) is 8.79. The summed E-state index contributed by atoms with van der Waals surface area (Å²) in [5.41, 5.74) is 1.61. The van der Waals surface area contributed by atoms with E-state index in [4.69, 9.17) is 5.11 Å². The van der Waals surface area contributed by atoms with Gasteiger partial charge in [-0.05, 0) is 29.7 Å². The van der Waals surface area contributed by atoms with Gasteiger partial charge in [0.15, 0.2) is 0 Å². The fourth-order valence-corrected chi connectivity index (χ4v) is 1.73. The molecule has 0 bridgehead atoms. The third kappa shape index (κ3) is 1.64. The van der Waals surface area contributed by atoms with E-state index in [1.54, 1.807) is 0 Å². The predicted molar refractivity (Wildman–Crippen MR) is 47.3 cm³/mol. The highest BCUT2D eigenvalue weighted by Gasteiger charge is 2.30. The molecule has 0 spiro atoms. The first-order valence-corrected chi connectivity index (χ1v) is 4.37. The van der Waals surface area contributed by atoms with Crippen molar-refractivity contribution in [1.29, 1.82) is 0 Å². The molecule has 0 amide bonds. The fraction of sp³-hybridized carbons (Fsp3) is 0.800. The van der Waals surface area contributed by atoms with Gasteiger partial charge in [0.1, 0.15) is 0 Å². The average Bonchev–Trinajstić information content (AvgIpc) is 1.95. The number of allylic oxidation sites excluding steroid dienone is 1. The number of hydrogen-bond acceptors (Lipinski definition) is 1. The van der Waals surface area contributed by atoms with Gasteiger partial charge in [-0.1, -0.05) is 26.8 Å². The second kappa shape index (κ2) is 2.98. The predicted octanol–water partition coefficient (Wildman–Crippen LogP) is 2.36. The van der Waals surface area contributed by atoms with Gasteiger partial charge in [0.05, 0.1) is 6.61 Å². The van der Waals surface area contributed by atoms with Crippen molar-refractivity contribution in [3.63, 3.8) is 0 Å². The molecule has 64 valence electrons. The van der Waals surface area contributed by atoms with Crippen LogP contribution < -0.4 is 0 Å². The maximum atomic E-state index is 9.03. The second-order valence-corrected chi connectivity index (χ2v) is 4.19. The summed E-state index contributed by atoms with van der Waals surface area (Å²) in [4.78, 5) is 0. The summed E-state index contributed by atoms with van der Waals surface area (Å²) in [5.74, 6) is 0.543. The van der Waals surface area contributed by atoms with Crippen LogP contribution in [0, 0.1) is 11.3 Å². The van der Waals surface area contributed by atoms with Gasteiger partial charge in [-0.25, -0.2) is 0 Å². The van der Waals surface area contributed by atoms with Gasteiger partial charge >= 0.3 is 0 Å². The second-order valence-electron chi connectivity index (χ2n) is 4.19. The zero-order valence-electron chi connectivity index (χ0n) is 7.72. The van der Waals surface area contributed by atoms with Crippen molar-refractivity contribution in [2.45, 2.75) is 33.6 Å². The smallest absolute Gasteiger partial charge is 0.0644 e. The number of rotatable bonds is 1. The SMILES string of the molecule is CC1C(CO)=CCCC1(C)C. The van der Waals surface area contributed by atoms with E-state index in [2.05, 4.69) is 26.8 Å². The van der Waals surface area contributed by atoms with Gasteiger partial charge in [-0.2, -0.15) is 0 Å². The Balaban J connectivity index is 2.77. The quantitative estimate of drug-likeness (QED) is 0.575. The first-order valence-electron chi connectivity index (χ1n) is 4.37. The number of aliphatic hydroxyl groups is 1. The molecule has 0 radical (unpaired) electrons. The Morgan fingerprint density at radius 2 is 2.27 bits per heavy atom. The minimum Gasteiger partial charge on any atom is -0.392 e. The maximum absolute atomic E-state index is 9.03. The summed E-state index contributed by atoms with van der Waals surface area (Å²) in [6.07, 6.45) is 4.57. The normalized spacial score (nSPS) is 29.8. The third-order valence-electron chi connectivity index (χ3n) is 3.11. The van der Waals surface area contributed by atoms with Crippen LogP contribution in [0.15, 0.2) is 11.6 Å². The molecule has 11 heavy (non-hydrogen) atoms. The molecule has 1 aliphatic carbocycles. The molecule has 1 atom stereocenters. The van der Waals surface area contributed by atoms with E-state index in [1.807, 2.05) is 0 Å². The summed E-state index contributed by atoms with van der Waals surface area (Å²) in [7, 11) is 0. The standard InChI is InChI=1S/C10H18O/c1-8-9(7-11)5-4-6-10(8,2)3/h5,8,11H,4,6-7H2,1-3H3. The van der Waals surface area contributed by atoms with E-state index in [9.17, 15) is 0 Å². The summed E-state index contributed by atoms with van der Waals surface area (Å²) in [6, 6.07) is 0. The fourth-order valence-electron chi connectivity index (χ4n) is 1.73. The zero-order chi connectivity index (χ0) is 8.48. The Morgan fingerprint density at radius 3 is 2.73 bits per heavy atom. The van der Waals surface area contributed by atoms with Crippen LogP contribution in [0.2, 0.25) is 0 Å². The van der Waals surface area contributed by atoms with Crippen molar-refractivity contribution in [3.05, 3.63) is 11.6 Å². The molecule has 0 heterocycles. The molecular weight excluding hydrogens is 136 g/mol. The van der Waals surface area contributed by atoms with E-state index in [0.717, 1.165) is 6.42 Å². The largest absolute Gasteiger partial charge is 0.392 e. The van der Waals surface area contributed by atoms with Crippen LogP contribution in [0.25, 0.3) is 0 Å². The molecule has 1 heteroatoms. The molecule has 1 rings (SSSR count). The van der Waals surface area contributed by atoms with E-state index >= 15 is 0 Å². The van der Waals surface area contributed by atoms with Gasteiger partial charge < -0.3 is 5.11 Å². The Kier molecular flexibility index (Phi) is 2.38. The molecule has 0 saturated carbocycles. The van der Waals surface area contributed by atoms with Crippen LogP contribution in [0.4, 0.5) is 0 Å². The molecule has 0 fully saturated rings. The van der Waals surface area contributed by atoms with Crippen LogP contribution in [-0.4, -0.2) is 11.7 Å². The molecule has 1 aliphatic rings. The lowest BCUT2D eigenvalue weighted by molar-refractivity contribution is 0.203. The van der Waals surface area contributed by atoms with Crippen molar-refractivity contribution in [2.75, 3.05) is 6.61 Å². The topological polar surface area (TPSA) is 20.2 Å². The highest BCUT2D eigenvalue weighted by atomic mass is 16.3. The van der Waals surface area contributed by atoms with E-state index in [-0.39, 0.29) is 6.61 Å². The first-order chi connectivity index (χ1) is 5.08.